The maximum Gasteiger partial charge on any atom is 0.242 e. The van der Waals surface area contributed by atoms with Gasteiger partial charge in [-0.15, -0.1) is 0 Å². The summed E-state index contributed by atoms with van der Waals surface area (Å²) in [7, 11) is 0. The predicted octanol–water partition coefficient (Wildman–Crippen LogP) is 1.72. The molecule has 0 radical (unpaired) electrons. The van der Waals surface area contributed by atoms with E-state index in [2.05, 4.69) is 26.1 Å². The van der Waals surface area contributed by atoms with Crippen molar-refractivity contribution in [1.82, 2.24) is 20.7 Å². The van der Waals surface area contributed by atoms with Gasteiger partial charge in [-0.25, -0.2) is 4.98 Å². The third-order valence-corrected chi connectivity index (χ3v) is 5.76. The molecule has 2 aliphatic rings. The van der Waals surface area contributed by atoms with Crippen LogP contribution in [0.2, 0.25) is 0 Å². The van der Waals surface area contributed by atoms with Crippen LogP contribution >= 0.6 is 0 Å². The number of aromatic nitrogens is 1. The first kappa shape index (κ1) is 18.7. The summed E-state index contributed by atoms with van der Waals surface area (Å²) in [5.74, 6) is 0.938. The fourth-order valence-corrected chi connectivity index (χ4v) is 4.38. The summed E-state index contributed by atoms with van der Waals surface area (Å²) in [6.45, 7) is 1.94. The van der Waals surface area contributed by atoms with Gasteiger partial charge < -0.3 is 16.0 Å². The molecule has 2 aliphatic heterocycles. The van der Waals surface area contributed by atoms with E-state index in [9.17, 15) is 4.79 Å². The standard InChI is InChI=1S/C21H28N6O/c22-19-12-15(9-10-23-19)17-13-25-26-21(17)18-8-4-5-11-27(18)20(28)14-24-16-6-2-1-3-7-16/h1-3,6-7,9-10,12,17-18,21,24-26H,4-5,8,11,13-14H2,(H2,22,23). The number of pyridine rings is 1. The van der Waals surface area contributed by atoms with E-state index in [0.29, 0.717) is 12.4 Å². The second-order valence-corrected chi connectivity index (χ2v) is 7.54. The maximum absolute atomic E-state index is 13.0. The molecule has 1 aromatic carbocycles. The third kappa shape index (κ3) is 4.10. The normalized spacial score (nSPS) is 24.9. The lowest BCUT2D eigenvalue weighted by Crippen LogP contribution is -2.56. The Morgan fingerprint density at radius 2 is 2.11 bits per heavy atom. The van der Waals surface area contributed by atoms with E-state index in [1.807, 2.05) is 42.5 Å². The van der Waals surface area contributed by atoms with Crippen LogP contribution in [0.25, 0.3) is 0 Å². The van der Waals surface area contributed by atoms with Crippen LogP contribution in [0.15, 0.2) is 48.7 Å². The second-order valence-electron chi connectivity index (χ2n) is 7.54. The van der Waals surface area contributed by atoms with Gasteiger partial charge in [-0.1, -0.05) is 18.2 Å². The Kier molecular flexibility index (Phi) is 5.73. The number of amides is 1. The fourth-order valence-electron chi connectivity index (χ4n) is 4.38. The SMILES string of the molecule is Nc1cc(C2CNNC2C2CCCCN2C(=O)CNc2ccccc2)ccn1. The Balaban J connectivity index is 1.47. The van der Waals surface area contributed by atoms with Crippen molar-refractivity contribution in [3.63, 3.8) is 0 Å². The maximum atomic E-state index is 13.0. The zero-order chi connectivity index (χ0) is 19.3. The molecule has 7 heteroatoms. The Labute approximate surface area is 165 Å². The number of nitrogen functional groups attached to an aromatic ring is 1. The summed E-state index contributed by atoms with van der Waals surface area (Å²) in [4.78, 5) is 19.2. The van der Waals surface area contributed by atoms with Crippen LogP contribution in [0.1, 0.15) is 30.7 Å². The monoisotopic (exact) mass is 380 g/mol. The van der Waals surface area contributed by atoms with Gasteiger partial charge in [-0.05, 0) is 49.1 Å². The van der Waals surface area contributed by atoms with Crippen LogP contribution in [-0.2, 0) is 4.79 Å². The number of likely N-dealkylation sites (tertiary alicyclic amines) is 1. The molecule has 2 aromatic rings. The highest BCUT2D eigenvalue weighted by Crippen LogP contribution is 2.31. The molecule has 5 N–H and O–H groups in total. The first-order valence-electron chi connectivity index (χ1n) is 10.0. The number of piperidine rings is 1. The van der Waals surface area contributed by atoms with E-state index in [1.54, 1.807) is 6.20 Å². The van der Waals surface area contributed by atoms with E-state index < -0.39 is 0 Å². The van der Waals surface area contributed by atoms with Crippen LogP contribution in [0.3, 0.4) is 0 Å². The zero-order valence-electron chi connectivity index (χ0n) is 16.0. The Morgan fingerprint density at radius 3 is 2.93 bits per heavy atom. The molecule has 1 aromatic heterocycles. The minimum absolute atomic E-state index is 0.148. The molecule has 2 fully saturated rings. The van der Waals surface area contributed by atoms with Crippen molar-refractivity contribution < 1.29 is 4.79 Å². The average molecular weight is 380 g/mol. The topological polar surface area (TPSA) is 95.3 Å². The highest BCUT2D eigenvalue weighted by atomic mass is 16.2. The van der Waals surface area contributed by atoms with Crippen molar-refractivity contribution in [2.75, 3.05) is 30.7 Å². The average Bonchev–Trinajstić information content (AvgIpc) is 3.22. The number of para-hydroxylation sites is 1. The highest BCUT2D eigenvalue weighted by molar-refractivity contribution is 5.81. The lowest BCUT2D eigenvalue weighted by molar-refractivity contribution is -0.133. The van der Waals surface area contributed by atoms with Crippen LogP contribution in [-0.4, -0.2) is 47.5 Å². The molecule has 3 unspecified atom stereocenters. The smallest absolute Gasteiger partial charge is 0.242 e. The molecule has 0 spiro atoms. The first-order chi connectivity index (χ1) is 13.7. The van der Waals surface area contributed by atoms with Crippen molar-refractivity contribution in [2.24, 2.45) is 0 Å². The molecule has 0 aliphatic carbocycles. The molecule has 3 heterocycles. The number of nitrogens with one attached hydrogen (secondary N) is 3. The van der Waals surface area contributed by atoms with Crippen molar-refractivity contribution in [3.05, 3.63) is 54.2 Å². The number of nitrogens with zero attached hydrogens (tertiary/aromatic N) is 2. The summed E-state index contributed by atoms with van der Waals surface area (Å²) >= 11 is 0. The summed E-state index contributed by atoms with van der Waals surface area (Å²) in [6, 6.07) is 14.1. The van der Waals surface area contributed by atoms with Crippen LogP contribution in [0.5, 0.6) is 0 Å². The number of carbonyl (C=O) groups excluding carboxylic acids is 1. The first-order valence-corrected chi connectivity index (χ1v) is 10.0. The Morgan fingerprint density at radius 1 is 1.25 bits per heavy atom. The van der Waals surface area contributed by atoms with E-state index in [1.165, 1.54) is 0 Å². The van der Waals surface area contributed by atoms with Crippen LogP contribution in [0, 0.1) is 0 Å². The molecule has 2 saturated heterocycles. The number of hydrogen-bond donors (Lipinski definition) is 4. The number of anilines is 2. The molecule has 1 amide bonds. The minimum atomic E-state index is 0.148. The zero-order valence-corrected chi connectivity index (χ0v) is 16.0. The van der Waals surface area contributed by atoms with Crippen molar-refractivity contribution in [3.8, 4) is 0 Å². The number of hydrazine groups is 1. The Bertz CT molecular complexity index is 798. The lowest BCUT2D eigenvalue weighted by atomic mass is 9.84. The molecule has 28 heavy (non-hydrogen) atoms. The fraction of sp³-hybridized carbons (Fsp3) is 0.429. The molecule has 0 bridgehead atoms. The van der Waals surface area contributed by atoms with E-state index in [-0.39, 0.29) is 23.9 Å². The predicted molar refractivity (Wildman–Crippen MR) is 111 cm³/mol. The number of carbonyl (C=O) groups is 1. The Hall–Kier alpha value is -2.64. The van der Waals surface area contributed by atoms with Crippen molar-refractivity contribution in [2.45, 2.75) is 37.3 Å². The van der Waals surface area contributed by atoms with E-state index in [4.69, 9.17) is 5.73 Å². The summed E-state index contributed by atoms with van der Waals surface area (Å²) in [5.41, 5.74) is 14.7. The summed E-state index contributed by atoms with van der Waals surface area (Å²) in [6.07, 6.45) is 4.96. The summed E-state index contributed by atoms with van der Waals surface area (Å²) < 4.78 is 0. The largest absolute Gasteiger partial charge is 0.384 e. The number of rotatable bonds is 5. The molecular formula is C21H28N6O. The van der Waals surface area contributed by atoms with Crippen LogP contribution < -0.4 is 21.9 Å². The van der Waals surface area contributed by atoms with Crippen molar-refractivity contribution >= 4 is 17.4 Å². The van der Waals surface area contributed by atoms with Gasteiger partial charge in [0.1, 0.15) is 5.82 Å². The van der Waals surface area contributed by atoms with Gasteiger partial charge >= 0.3 is 0 Å². The second kappa shape index (κ2) is 8.58. The molecule has 4 rings (SSSR count). The number of nitrogens with two attached hydrogens (primary N) is 1. The van der Waals surface area contributed by atoms with Gasteiger partial charge in [0.25, 0.3) is 0 Å². The summed E-state index contributed by atoms with van der Waals surface area (Å²) in [5, 5.41) is 3.25. The van der Waals surface area contributed by atoms with Gasteiger partial charge in [-0.2, -0.15) is 0 Å². The van der Waals surface area contributed by atoms with Crippen molar-refractivity contribution in [1.29, 1.82) is 0 Å². The van der Waals surface area contributed by atoms with Gasteiger partial charge in [0.05, 0.1) is 6.54 Å². The minimum Gasteiger partial charge on any atom is -0.384 e. The molecule has 148 valence electrons. The van der Waals surface area contributed by atoms with Crippen LogP contribution in [0.4, 0.5) is 11.5 Å². The molecule has 3 atom stereocenters. The quantitative estimate of drug-likeness (QED) is 0.631. The molecular weight excluding hydrogens is 352 g/mol. The lowest BCUT2D eigenvalue weighted by Gasteiger charge is -2.41. The van der Waals surface area contributed by atoms with Gasteiger partial charge in [0.2, 0.25) is 5.91 Å². The highest BCUT2D eigenvalue weighted by Gasteiger charge is 2.40. The van der Waals surface area contributed by atoms with Gasteiger partial charge in [0, 0.05) is 43.0 Å². The number of benzene rings is 1. The number of hydrogen-bond acceptors (Lipinski definition) is 6. The van der Waals surface area contributed by atoms with E-state index >= 15 is 0 Å². The third-order valence-electron chi connectivity index (χ3n) is 5.76. The van der Waals surface area contributed by atoms with E-state index in [0.717, 1.165) is 43.6 Å². The van der Waals surface area contributed by atoms with Gasteiger partial charge in [0.15, 0.2) is 0 Å². The molecule has 7 nitrogen and oxygen atoms in total. The van der Waals surface area contributed by atoms with Gasteiger partial charge in [-0.3, -0.25) is 15.6 Å². The molecule has 0 saturated carbocycles.